The second-order valence-electron chi connectivity index (χ2n) is 4.07. The lowest BCUT2D eigenvalue weighted by molar-refractivity contribution is -0.115. The predicted molar refractivity (Wildman–Crippen MR) is 78.5 cm³/mol. The summed E-state index contributed by atoms with van der Waals surface area (Å²) in [5, 5.41) is 2.52. The van der Waals surface area contributed by atoms with Crippen LogP contribution in [0.25, 0.3) is 0 Å². The molecule has 116 valence electrons. The Kier molecular flexibility index (Phi) is 6.32. The molecule has 0 spiro atoms. The molecule has 0 aromatic heterocycles. The van der Waals surface area contributed by atoms with Crippen LogP contribution in [0, 0.1) is 0 Å². The number of hydrogen-bond acceptors (Lipinski definition) is 5. The summed E-state index contributed by atoms with van der Waals surface area (Å²) in [6, 6.07) is 6.12. The highest BCUT2D eigenvalue weighted by Crippen LogP contribution is 2.10. The van der Waals surface area contributed by atoms with Crippen LogP contribution in [0.3, 0.4) is 0 Å². The molecule has 0 radical (unpaired) electrons. The topological polar surface area (TPSA) is 102 Å². The summed E-state index contributed by atoms with van der Waals surface area (Å²) < 4.78 is 29.4. The Balaban J connectivity index is 2.56. The smallest absolute Gasteiger partial charge is 0.338 e. The molecule has 2 N–H and O–H groups in total. The zero-order chi connectivity index (χ0) is 15.9. The molecule has 0 atom stereocenters. The molecule has 0 saturated carbocycles. The molecule has 8 heteroatoms. The first-order valence-electron chi connectivity index (χ1n) is 6.42. The number of ether oxygens (including phenoxy) is 1. The summed E-state index contributed by atoms with van der Waals surface area (Å²) in [6.45, 7) is 3.14. The van der Waals surface area contributed by atoms with Crippen molar-refractivity contribution in [1.29, 1.82) is 0 Å². The average Bonchev–Trinajstić information content (AvgIpc) is 2.46. The number of rotatable bonds is 7. The van der Waals surface area contributed by atoms with E-state index < -0.39 is 21.9 Å². The summed E-state index contributed by atoms with van der Waals surface area (Å²) in [4.78, 5) is 23.0. The van der Waals surface area contributed by atoms with Gasteiger partial charge in [0.05, 0.1) is 24.5 Å². The van der Waals surface area contributed by atoms with E-state index in [-0.39, 0.29) is 18.9 Å². The maximum Gasteiger partial charge on any atom is 0.338 e. The van der Waals surface area contributed by atoms with Gasteiger partial charge in [-0.3, -0.25) is 4.79 Å². The van der Waals surface area contributed by atoms with Crippen LogP contribution in [0.2, 0.25) is 0 Å². The fourth-order valence-electron chi connectivity index (χ4n) is 1.39. The zero-order valence-electron chi connectivity index (χ0n) is 11.9. The van der Waals surface area contributed by atoms with E-state index in [0.717, 1.165) is 0 Å². The van der Waals surface area contributed by atoms with Gasteiger partial charge in [-0.1, -0.05) is 0 Å². The number of carbonyl (C=O) groups is 2. The Hall–Kier alpha value is -1.93. The van der Waals surface area contributed by atoms with Crippen LogP contribution in [0.5, 0.6) is 0 Å². The SMILES string of the molecule is CCOC(=O)c1ccc(NC(=O)CNS(=O)(=O)CC)cc1. The summed E-state index contributed by atoms with van der Waals surface area (Å²) in [7, 11) is -3.40. The maximum absolute atomic E-state index is 11.6. The van der Waals surface area contributed by atoms with Gasteiger partial charge in [-0.2, -0.15) is 0 Å². The van der Waals surface area contributed by atoms with Gasteiger partial charge in [0.1, 0.15) is 0 Å². The second-order valence-corrected chi connectivity index (χ2v) is 6.17. The molecule has 1 aromatic rings. The Morgan fingerprint density at radius 3 is 2.29 bits per heavy atom. The Bertz CT molecular complexity index is 595. The lowest BCUT2D eigenvalue weighted by Gasteiger charge is -2.07. The molecule has 0 aliphatic rings. The van der Waals surface area contributed by atoms with E-state index in [9.17, 15) is 18.0 Å². The van der Waals surface area contributed by atoms with Crippen molar-refractivity contribution in [1.82, 2.24) is 4.72 Å². The van der Waals surface area contributed by atoms with Crippen LogP contribution < -0.4 is 10.0 Å². The number of amides is 1. The molecule has 0 bridgehead atoms. The molecular weight excluding hydrogens is 296 g/mol. The minimum absolute atomic E-state index is 0.0888. The quantitative estimate of drug-likeness (QED) is 0.723. The standard InChI is InChI=1S/C13H18N2O5S/c1-3-20-13(17)10-5-7-11(8-6-10)15-12(16)9-14-21(18,19)4-2/h5-8,14H,3-4,9H2,1-2H3,(H,15,16). The molecule has 1 amide bonds. The first kappa shape index (κ1) is 17.1. The van der Waals surface area contributed by atoms with Crippen LogP contribution in [0.15, 0.2) is 24.3 Å². The molecule has 0 aliphatic carbocycles. The number of anilines is 1. The Morgan fingerprint density at radius 2 is 1.76 bits per heavy atom. The molecule has 1 rings (SSSR count). The fourth-order valence-corrected chi connectivity index (χ4v) is 1.94. The van der Waals surface area contributed by atoms with Crippen LogP contribution in [0.1, 0.15) is 24.2 Å². The molecule has 0 fully saturated rings. The molecule has 0 heterocycles. The zero-order valence-corrected chi connectivity index (χ0v) is 12.7. The van der Waals surface area contributed by atoms with Crippen molar-refractivity contribution in [3.63, 3.8) is 0 Å². The second kappa shape index (κ2) is 7.75. The summed E-state index contributed by atoms with van der Waals surface area (Å²) in [5.74, 6) is -1.02. The van der Waals surface area contributed by atoms with Gasteiger partial charge >= 0.3 is 5.97 Å². The van der Waals surface area contributed by atoms with Gasteiger partial charge in [0.15, 0.2) is 0 Å². The number of esters is 1. The molecule has 7 nitrogen and oxygen atoms in total. The van der Waals surface area contributed by atoms with Gasteiger partial charge in [-0.25, -0.2) is 17.9 Å². The highest BCUT2D eigenvalue weighted by atomic mass is 32.2. The molecule has 0 aliphatic heterocycles. The van der Waals surface area contributed by atoms with Crippen LogP contribution >= 0.6 is 0 Å². The average molecular weight is 314 g/mol. The fraction of sp³-hybridized carbons (Fsp3) is 0.385. The molecule has 0 unspecified atom stereocenters. The highest BCUT2D eigenvalue weighted by molar-refractivity contribution is 7.89. The van der Waals surface area contributed by atoms with Crippen molar-refractivity contribution in [2.75, 3.05) is 24.2 Å². The summed E-state index contributed by atoms with van der Waals surface area (Å²) in [6.07, 6.45) is 0. The first-order chi connectivity index (χ1) is 9.88. The van der Waals surface area contributed by atoms with E-state index in [2.05, 4.69) is 10.0 Å². The highest BCUT2D eigenvalue weighted by Gasteiger charge is 2.10. The van der Waals surface area contributed by atoms with Crippen molar-refractivity contribution >= 4 is 27.6 Å². The van der Waals surface area contributed by atoms with Crippen LogP contribution in [-0.2, 0) is 19.6 Å². The number of benzene rings is 1. The minimum Gasteiger partial charge on any atom is -0.462 e. The summed E-state index contributed by atoms with van der Waals surface area (Å²) in [5.41, 5.74) is 0.838. The third-order valence-corrected chi connectivity index (χ3v) is 3.86. The van der Waals surface area contributed by atoms with Crippen molar-refractivity contribution in [2.24, 2.45) is 0 Å². The molecule has 1 aromatic carbocycles. The van der Waals surface area contributed by atoms with E-state index >= 15 is 0 Å². The third-order valence-electron chi connectivity index (χ3n) is 2.51. The first-order valence-corrected chi connectivity index (χ1v) is 8.07. The summed E-state index contributed by atoms with van der Waals surface area (Å²) >= 11 is 0. The van der Waals surface area contributed by atoms with Gasteiger partial charge < -0.3 is 10.1 Å². The number of carbonyl (C=O) groups excluding carboxylic acids is 2. The van der Waals surface area contributed by atoms with Gasteiger partial charge in [-0.15, -0.1) is 0 Å². The van der Waals surface area contributed by atoms with Gasteiger partial charge in [0.2, 0.25) is 15.9 Å². The molecule has 21 heavy (non-hydrogen) atoms. The van der Waals surface area contributed by atoms with E-state index in [1.807, 2.05) is 0 Å². The minimum atomic E-state index is -3.40. The Labute approximate surface area is 123 Å². The molecular formula is C13H18N2O5S. The Morgan fingerprint density at radius 1 is 1.14 bits per heavy atom. The number of nitrogens with one attached hydrogen (secondary N) is 2. The lowest BCUT2D eigenvalue weighted by atomic mass is 10.2. The number of hydrogen-bond donors (Lipinski definition) is 2. The van der Waals surface area contributed by atoms with Crippen molar-refractivity contribution in [3.05, 3.63) is 29.8 Å². The monoisotopic (exact) mass is 314 g/mol. The van der Waals surface area contributed by atoms with Crippen molar-refractivity contribution in [2.45, 2.75) is 13.8 Å². The third kappa shape index (κ3) is 5.92. The van der Waals surface area contributed by atoms with E-state index in [0.29, 0.717) is 11.3 Å². The normalized spacial score (nSPS) is 11.0. The van der Waals surface area contributed by atoms with E-state index in [4.69, 9.17) is 4.74 Å². The van der Waals surface area contributed by atoms with Crippen LogP contribution in [0.4, 0.5) is 5.69 Å². The van der Waals surface area contributed by atoms with E-state index in [1.54, 1.807) is 19.1 Å². The predicted octanol–water partition coefficient (Wildman–Crippen LogP) is 0.741. The maximum atomic E-state index is 11.6. The van der Waals surface area contributed by atoms with Gasteiger partial charge in [0.25, 0.3) is 0 Å². The molecule has 0 saturated heterocycles. The van der Waals surface area contributed by atoms with E-state index in [1.165, 1.54) is 19.1 Å². The largest absolute Gasteiger partial charge is 0.462 e. The van der Waals surface area contributed by atoms with Crippen LogP contribution in [-0.4, -0.2) is 39.2 Å². The van der Waals surface area contributed by atoms with Gasteiger partial charge in [-0.05, 0) is 38.1 Å². The van der Waals surface area contributed by atoms with Crippen molar-refractivity contribution in [3.8, 4) is 0 Å². The van der Waals surface area contributed by atoms with Crippen molar-refractivity contribution < 1.29 is 22.7 Å². The van der Waals surface area contributed by atoms with Gasteiger partial charge in [0, 0.05) is 5.69 Å². The number of sulfonamides is 1. The lowest BCUT2D eigenvalue weighted by Crippen LogP contribution is -2.33.